The van der Waals surface area contributed by atoms with Crippen molar-refractivity contribution in [1.29, 1.82) is 0 Å². The van der Waals surface area contributed by atoms with Crippen LogP contribution in [0.15, 0.2) is 30.3 Å². The minimum Gasteiger partial charge on any atom is -0.272 e. The van der Waals surface area contributed by atoms with Gasteiger partial charge in [-0.15, -0.1) is 0 Å². The summed E-state index contributed by atoms with van der Waals surface area (Å²) in [5, 5.41) is 4.57. The number of hydrogen-bond acceptors (Lipinski definition) is 2. The Labute approximate surface area is 145 Å². The van der Waals surface area contributed by atoms with Crippen LogP contribution < -0.4 is 0 Å². The lowest BCUT2D eigenvalue weighted by molar-refractivity contribution is -0.210. The fourth-order valence-electron chi connectivity index (χ4n) is 6.33. The molecule has 0 radical (unpaired) electrons. The third kappa shape index (κ3) is 2.48. The summed E-state index contributed by atoms with van der Waals surface area (Å²) in [4.78, 5) is 12.4. The van der Waals surface area contributed by atoms with Crippen molar-refractivity contribution in [3.63, 3.8) is 0 Å². The molecule has 0 N–H and O–H groups in total. The second-order valence-corrected chi connectivity index (χ2v) is 8.64. The maximum Gasteiger partial charge on any atom is 0.253 e. The quantitative estimate of drug-likeness (QED) is 0.827. The van der Waals surface area contributed by atoms with E-state index in [2.05, 4.69) is 40.3 Å². The van der Waals surface area contributed by atoms with Gasteiger partial charge < -0.3 is 0 Å². The molecule has 3 nitrogen and oxygen atoms in total. The van der Waals surface area contributed by atoms with Gasteiger partial charge in [-0.1, -0.05) is 30.3 Å². The molecule has 0 spiro atoms. The van der Waals surface area contributed by atoms with Crippen molar-refractivity contribution in [2.75, 3.05) is 13.1 Å². The van der Waals surface area contributed by atoms with E-state index >= 15 is 0 Å². The average molecular weight is 324 g/mol. The van der Waals surface area contributed by atoms with Crippen LogP contribution >= 0.6 is 0 Å². The largest absolute Gasteiger partial charge is 0.272 e. The van der Waals surface area contributed by atoms with Crippen LogP contribution in [0.4, 0.5) is 0 Å². The van der Waals surface area contributed by atoms with E-state index in [1.807, 2.05) is 0 Å². The van der Waals surface area contributed by atoms with Gasteiger partial charge in [-0.2, -0.15) is 0 Å². The number of aryl methyl sites for hydroxylation is 1. The maximum absolute atomic E-state index is 12.4. The molecule has 1 aromatic rings. The van der Waals surface area contributed by atoms with Gasteiger partial charge in [0, 0.05) is 6.54 Å². The average Bonchev–Trinajstić information content (AvgIpc) is 2.57. The highest BCUT2D eigenvalue weighted by Gasteiger charge is 2.54. The molecule has 4 bridgehead atoms. The normalized spacial score (nSPS) is 37.8. The van der Waals surface area contributed by atoms with E-state index in [0.29, 0.717) is 18.5 Å². The van der Waals surface area contributed by atoms with Gasteiger partial charge in [-0.25, -0.2) is 5.01 Å². The Bertz CT molecular complexity index is 586. The summed E-state index contributed by atoms with van der Waals surface area (Å²) in [5.41, 5.74) is 1.41. The number of nitrogens with zero attached hydrogens (tertiary/aromatic N) is 2. The second-order valence-electron chi connectivity index (χ2n) is 8.64. The van der Waals surface area contributed by atoms with Crippen molar-refractivity contribution >= 4 is 5.91 Å². The summed E-state index contributed by atoms with van der Waals surface area (Å²) >= 11 is 0. The van der Waals surface area contributed by atoms with Crippen molar-refractivity contribution in [3.05, 3.63) is 35.9 Å². The number of hydrazine groups is 1. The number of rotatable bonds is 5. The number of hydrogen-bond donors (Lipinski definition) is 0. The van der Waals surface area contributed by atoms with Crippen molar-refractivity contribution < 1.29 is 4.79 Å². The van der Waals surface area contributed by atoms with Crippen molar-refractivity contribution in [2.24, 2.45) is 23.7 Å². The Kier molecular flexibility index (Phi) is 3.66. The van der Waals surface area contributed by atoms with Crippen LogP contribution in [0.2, 0.25) is 0 Å². The molecule has 0 aromatic heterocycles. The topological polar surface area (TPSA) is 23.6 Å². The number of carbonyl (C=O) groups is 1. The molecule has 3 heteroatoms. The van der Waals surface area contributed by atoms with Gasteiger partial charge in [0.15, 0.2) is 0 Å². The number of amides is 1. The van der Waals surface area contributed by atoms with E-state index < -0.39 is 0 Å². The van der Waals surface area contributed by atoms with Crippen LogP contribution in [0.25, 0.3) is 0 Å². The van der Waals surface area contributed by atoms with Crippen LogP contribution in [-0.2, 0) is 11.2 Å². The molecule has 4 saturated carbocycles. The first kappa shape index (κ1) is 14.9. The third-order valence-electron chi connectivity index (χ3n) is 7.06. The lowest BCUT2D eigenvalue weighted by atomic mass is 9.54. The van der Waals surface area contributed by atoms with E-state index in [9.17, 15) is 4.79 Å². The number of benzene rings is 1. The Balaban J connectivity index is 1.22. The molecular weight excluding hydrogens is 296 g/mol. The molecule has 4 aliphatic carbocycles. The highest BCUT2D eigenvalue weighted by molar-refractivity contribution is 5.82. The molecule has 24 heavy (non-hydrogen) atoms. The summed E-state index contributed by atoms with van der Waals surface area (Å²) in [7, 11) is 0. The van der Waals surface area contributed by atoms with Gasteiger partial charge in [0.2, 0.25) is 0 Å². The minimum absolute atomic E-state index is 0.382. The second kappa shape index (κ2) is 5.87. The zero-order valence-corrected chi connectivity index (χ0v) is 14.4. The first-order valence-corrected chi connectivity index (χ1v) is 9.89. The van der Waals surface area contributed by atoms with Crippen molar-refractivity contribution in [3.8, 4) is 0 Å². The molecule has 0 atom stereocenters. The molecule has 6 rings (SSSR count). The summed E-state index contributed by atoms with van der Waals surface area (Å²) in [6.45, 7) is 1.68. The fourth-order valence-corrected chi connectivity index (χ4v) is 6.33. The highest BCUT2D eigenvalue weighted by atomic mass is 16.2. The van der Waals surface area contributed by atoms with E-state index in [0.717, 1.165) is 43.1 Å². The van der Waals surface area contributed by atoms with E-state index in [-0.39, 0.29) is 0 Å². The minimum atomic E-state index is 0.382. The lowest BCUT2D eigenvalue weighted by Gasteiger charge is -2.61. The summed E-state index contributed by atoms with van der Waals surface area (Å²) in [6.07, 6.45) is 9.29. The first-order chi connectivity index (χ1) is 11.8. The van der Waals surface area contributed by atoms with Crippen LogP contribution in [0.1, 0.15) is 44.1 Å². The Morgan fingerprint density at radius 3 is 2.21 bits per heavy atom. The van der Waals surface area contributed by atoms with Crippen LogP contribution in [0.3, 0.4) is 0 Å². The van der Waals surface area contributed by atoms with E-state index in [4.69, 9.17) is 0 Å². The molecule has 1 amide bonds. The predicted molar refractivity (Wildman–Crippen MR) is 94.0 cm³/mol. The Morgan fingerprint density at radius 2 is 1.58 bits per heavy atom. The number of carbonyl (C=O) groups excluding carboxylic acids is 1. The summed E-state index contributed by atoms with van der Waals surface area (Å²) in [5.74, 6) is 3.93. The molecular formula is C21H28N2O. The predicted octanol–water partition coefficient (Wildman–Crippen LogP) is 3.50. The van der Waals surface area contributed by atoms with Gasteiger partial charge in [0.25, 0.3) is 5.91 Å². The highest BCUT2D eigenvalue weighted by Crippen LogP contribution is 2.55. The molecule has 5 fully saturated rings. The van der Waals surface area contributed by atoms with Gasteiger partial charge in [0.05, 0.1) is 12.6 Å². The van der Waals surface area contributed by atoms with Gasteiger partial charge in [0.1, 0.15) is 0 Å². The molecule has 1 aromatic carbocycles. The zero-order chi connectivity index (χ0) is 16.1. The summed E-state index contributed by atoms with van der Waals surface area (Å²) in [6, 6.07) is 11.3. The lowest BCUT2D eigenvalue weighted by Crippen LogP contribution is -2.70. The Morgan fingerprint density at radius 1 is 0.917 bits per heavy atom. The van der Waals surface area contributed by atoms with Crippen molar-refractivity contribution in [1.82, 2.24) is 10.0 Å². The smallest absolute Gasteiger partial charge is 0.253 e. The zero-order valence-electron chi connectivity index (χ0n) is 14.4. The summed E-state index contributed by atoms with van der Waals surface area (Å²) < 4.78 is 0. The molecule has 1 saturated heterocycles. The van der Waals surface area contributed by atoms with Crippen LogP contribution in [0.5, 0.6) is 0 Å². The standard InChI is InChI=1S/C21H28N2O/c24-20-14-22(8-4-7-15-5-2-1-3-6-15)23(20)21-18-10-16-9-17(12-18)13-19(21)11-16/h1-3,5-6,16-19,21H,4,7-14H2. The fraction of sp³-hybridized carbons (Fsp3) is 0.667. The first-order valence-electron chi connectivity index (χ1n) is 9.89. The van der Waals surface area contributed by atoms with Crippen molar-refractivity contribution in [2.45, 2.75) is 51.0 Å². The van der Waals surface area contributed by atoms with Crippen LogP contribution in [-0.4, -0.2) is 35.1 Å². The van der Waals surface area contributed by atoms with Gasteiger partial charge >= 0.3 is 0 Å². The SMILES string of the molecule is O=C1CN(CCCc2ccccc2)N1C1C2CC3CC(C2)CC1C3. The van der Waals surface area contributed by atoms with Crippen LogP contribution in [0, 0.1) is 23.7 Å². The third-order valence-corrected chi connectivity index (χ3v) is 7.06. The molecule has 0 unspecified atom stereocenters. The Hall–Kier alpha value is -1.35. The van der Waals surface area contributed by atoms with E-state index in [1.54, 1.807) is 0 Å². The maximum atomic E-state index is 12.4. The van der Waals surface area contributed by atoms with E-state index in [1.165, 1.54) is 37.7 Å². The molecule has 128 valence electrons. The monoisotopic (exact) mass is 324 g/mol. The molecule has 5 aliphatic rings. The molecule has 1 heterocycles. The molecule has 1 aliphatic heterocycles. The van der Waals surface area contributed by atoms with Gasteiger partial charge in [-0.3, -0.25) is 9.80 Å². The van der Waals surface area contributed by atoms with Gasteiger partial charge in [-0.05, 0) is 74.2 Å².